The van der Waals surface area contributed by atoms with E-state index >= 15 is 0 Å². The molecule has 0 spiro atoms. The maximum Gasteiger partial charge on any atom is 0.281 e. The number of amides is 1. The zero-order valence-electron chi connectivity index (χ0n) is 15.6. The maximum absolute atomic E-state index is 13.2. The van der Waals surface area contributed by atoms with Crippen molar-refractivity contribution in [2.75, 3.05) is 11.6 Å². The Hall–Kier alpha value is -3.66. The molecule has 4 rings (SSSR count). The van der Waals surface area contributed by atoms with Crippen molar-refractivity contribution in [2.45, 2.75) is 6.92 Å². The number of benzene rings is 3. The zero-order valence-corrected chi connectivity index (χ0v) is 15.6. The number of anilines is 1. The van der Waals surface area contributed by atoms with Crippen molar-refractivity contribution in [2.24, 2.45) is 5.10 Å². The molecule has 1 heterocycles. The van der Waals surface area contributed by atoms with Gasteiger partial charge in [0.1, 0.15) is 11.5 Å². The summed E-state index contributed by atoms with van der Waals surface area (Å²) in [4.78, 5) is 13.2. The molecular weight excluding hydrogens is 348 g/mol. The standard InChI is InChI=1S/C24H20N2O2/c1-2-28-21-15-13-18(14-16-21)17-22-23(19-9-5-3-6-10-19)25-26(24(22)27)20-11-7-4-8-12-20/h3-17H,2H2,1H3/b22-17+. The summed E-state index contributed by atoms with van der Waals surface area (Å²) in [5.74, 6) is 0.671. The molecule has 0 aliphatic carbocycles. The van der Waals surface area contributed by atoms with Crippen LogP contribution in [0.25, 0.3) is 6.08 Å². The fraction of sp³-hybridized carbons (Fsp3) is 0.0833. The second kappa shape index (κ2) is 7.92. The van der Waals surface area contributed by atoms with Gasteiger partial charge in [-0.25, -0.2) is 0 Å². The average Bonchev–Trinajstić information content (AvgIpc) is 3.07. The van der Waals surface area contributed by atoms with Gasteiger partial charge in [0.15, 0.2) is 0 Å². The van der Waals surface area contributed by atoms with E-state index in [1.54, 1.807) is 0 Å². The molecule has 4 nitrogen and oxygen atoms in total. The number of carbonyl (C=O) groups excluding carboxylic acids is 1. The van der Waals surface area contributed by atoms with Gasteiger partial charge in [-0.3, -0.25) is 4.79 Å². The summed E-state index contributed by atoms with van der Waals surface area (Å²) in [6, 6.07) is 26.9. The van der Waals surface area contributed by atoms with Crippen molar-refractivity contribution in [3.63, 3.8) is 0 Å². The minimum absolute atomic E-state index is 0.140. The van der Waals surface area contributed by atoms with Crippen LogP contribution >= 0.6 is 0 Å². The first-order chi connectivity index (χ1) is 13.8. The van der Waals surface area contributed by atoms with Crippen LogP contribution in [-0.2, 0) is 4.79 Å². The highest BCUT2D eigenvalue weighted by Gasteiger charge is 2.31. The molecule has 1 aliphatic rings. The normalized spacial score (nSPS) is 15.0. The first-order valence-electron chi connectivity index (χ1n) is 9.24. The Labute approximate surface area is 164 Å². The molecule has 1 amide bonds. The third kappa shape index (κ3) is 3.58. The molecule has 28 heavy (non-hydrogen) atoms. The van der Waals surface area contributed by atoms with E-state index in [4.69, 9.17) is 4.74 Å². The third-order valence-electron chi connectivity index (χ3n) is 4.43. The van der Waals surface area contributed by atoms with Crippen LogP contribution in [-0.4, -0.2) is 18.2 Å². The summed E-state index contributed by atoms with van der Waals surface area (Å²) in [5, 5.41) is 6.10. The van der Waals surface area contributed by atoms with Crippen LogP contribution in [0.3, 0.4) is 0 Å². The highest BCUT2D eigenvalue weighted by molar-refractivity contribution is 6.37. The van der Waals surface area contributed by atoms with Crippen molar-refractivity contribution < 1.29 is 9.53 Å². The average molecular weight is 368 g/mol. The lowest BCUT2D eigenvalue weighted by molar-refractivity contribution is -0.114. The van der Waals surface area contributed by atoms with Gasteiger partial charge in [0.25, 0.3) is 5.91 Å². The molecule has 3 aromatic rings. The van der Waals surface area contributed by atoms with Gasteiger partial charge in [-0.05, 0) is 42.8 Å². The highest BCUT2D eigenvalue weighted by Crippen LogP contribution is 2.28. The van der Waals surface area contributed by atoms with Gasteiger partial charge >= 0.3 is 0 Å². The molecule has 0 saturated heterocycles. The molecule has 1 aliphatic heterocycles. The minimum atomic E-state index is -0.140. The lowest BCUT2D eigenvalue weighted by atomic mass is 10.0. The zero-order chi connectivity index (χ0) is 19.3. The van der Waals surface area contributed by atoms with E-state index < -0.39 is 0 Å². The maximum atomic E-state index is 13.2. The number of para-hydroxylation sites is 1. The van der Waals surface area contributed by atoms with Gasteiger partial charge in [0.05, 0.1) is 17.9 Å². The summed E-state index contributed by atoms with van der Waals surface area (Å²) >= 11 is 0. The largest absolute Gasteiger partial charge is 0.494 e. The Kier molecular flexibility index (Phi) is 5.02. The van der Waals surface area contributed by atoms with Crippen molar-refractivity contribution in [3.8, 4) is 5.75 Å². The van der Waals surface area contributed by atoms with Gasteiger partial charge in [-0.15, -0.1) is 0 Å². The van der Waals surface area contributed by atoms with Gasteiger partial charge in [0, 0.05) is 5.56 Å². The quantitative estimate of drug-likeness (QED) is 0.600. The van der Waals surface area contributed by atoms with Crippen molar-refractivity contribution >= 4 is 23.4 Å². The van der Waals surface area contributed by atoms with Crippen LogP contribution in [0.15, 0.2) is 95.6 Å². The molecule has 0 radical (unpaired) electrons. The molecule has 0 bridgehead atoms. The van der Waals surface area contributed by atoms with Gasteiger partial charge in [0.2, 0.25) is 0 Å². The SMILES string of the molecule is CCOc1ccc(/C=C2/C(=O)N(c3ccccc3)N=C2c2ccccc2)cc1. The molecule has 0 atom stereocenters. The topological polar surface area (TPSA) is 41.9 Å². The predicted octanol–water partition coefficient (Wildman–Crippen LogP) is 4.92. The Morgan fingerprint density at radius 1 is 0.893 bits per heavy atom. The summed E-state index contributed by atoms with van der Waals surface area (Å²) in [6.45, 7) is 2.57. The fourth-order valence-electron chi connectivity index (χ4n) is 3.09. The van der Waals surface area contributed by atoms with E-state index in [2.05, 4.69) is 5.10 Å². The van der Waals surface area contributed by atoms with Gasteiger partial charge < -0.3 is 4.74 Å². The number of nitrogens with zero attached hydrogens (tertiary/aromatic N) is 2. The lowest BCUT2D eigenvalue weighted by Crippen LogP contribution is -2.21. The molecule has 138 valence electrons. The molecule has 3 aromatic carbocycles. The molecule has 0 fully saturated rings. The van der Waals surface area contributed by atoms with Crippen LogP contribution < -0.4 is 9.75 Å². The molecule has 4 heteroatoms. The van der Waals surface area contributed by atoms with Crippen molar-refractivity contribution in [3.05, 3.63) is 102 Å². The summed E-state index contributed by atoms with van der Waals surface area (Å²) in [6.07, 6.45) is 1.88. The Morgan fingerprint density at radius 3 is 2.18 bits per heavy atom. The summed E-state index contributed by atoms with van der Waals surface area (Å²) < 4.78 is 5.50. The first-order valence-corrected chi connectivity index (χ1v) is 9.24. The van der Waals surface area contributed by atoms with Crippen LogP contribution in [0.2, 0.25) is 0 Å². The van der Waals surface area contributed by atoms with Crippen LogP contribution in [0.1, 0.15) is 18.1 Å². The second-order valence-corrected chi connectivity index (χ2v) is 6.33. The van der Waals surface area contributed by atoms with Crippen molar-refractivity contribution in [1.82, 2.24) is 0 Å². The molecule has 0 saturated carbocycles. The number of hydrogen-bond acceptors (Lipinski definition) is 3. The minimum Gasteiger partial charge on any atom is -0.494 e. The number of ether oxygens (including phenoxy) is 1. The predicted molar refractivity (Wildman–Crippen MR) is 112 cm³/mol. The van der Waals surface area contributed by atoms with Crippen LogP contribution in [0, 0.1) is 0 Å². The fourth-order valence-corrected chi connectivity index (χ4v) is 3.09. The van der Waals surface area contributed by atoms with E-state index in [1.807, 2.05) is 97.9 Å². The number of rotatable bonds is 5. The van der Waals surface area contributed by atoms with Gasteiger partial charge in [-0.1, -0.05) is 60.7 Å². The highest BCUT2D eigenvalue weighted by atomic mass is 16.5. The second-order valence-electron chi connectivity index (χ2n) is 6.33. The van der Waals surface area contributed by atoms with E-state index in [0.29, 0.717) is 17.9 Å². The van der Waals surface area contributed by atoms with E-state index in [0.717, 1.165) is 22.6 Å². The lowest BCUT2D eigenvalue weighted by Gasteiger charge is -2.10. The summed E-state index contributed by atoms with van der Waals surface area (Å²) in [7, 11) is 0. The number of hydrazone groups is 1. The van der Waals surface area contributed by atoms with Crippen molar-refractivity contribution in [1.29, 1.82) is 0 Å². The van der Waals surface area contributed by atoms with E-state index in [1.165, 1.54) is 5.01 Å². The van der Waals surface area contributed by atoms with Crippen LogP contribution in [0.4, 0.5) is 5.69 Å². The Balaban J connectivity index is 1.75. The molecule has 0 unspecified atom stereocenters. The first kappa shape index (κ1) is 17.7. The monoisotopic (exact) mass is 368 g/mol. The Morgan fingerprint density at radius 2 is 1.54 bits per heavy atom. The van der Waals surface area contributed by atoms with E-state index in [9.17, 15) is 4.79 Å². The van der Waals surface area contributed by atoms with Gasteiger partial charge in [-0.2, -0.15) is 10.1 Å². The third-order valence-corrected chi connectivity index (χ3v) is 4.43. The molecule has 0 aromatic heterocycles. The number of carbonyl (C=O) groups is 1. The molecular formula is C24H20N2O2. The van der Waals surface area contributed by atoms with Crippen LogP contribution in [0.5, 0.6) is 5.75 Å². The number of hydrogen-bond donors (Lipinski definition) is 0. The Bertz CT molecular complexity index is 1020. The molecule has 0 N–H and O–H groups in total. The van der Waals surface area contributed by atoms with E-state index in [-0.39, 0.29) is 5.91 Å². The smallest absolute Gasteiger partial charge is 0.281 e. The summed E-state index contributed by atoms with van der Waals surface area (Å²) in [5.41, 5.74) is 3.82.